The standard InChI is InChI=1S/C22H24O4S2.C20H26N2O4S2.C19H27FN2O4S2.C18H26N2O4S2/c23-20(24)14-8-7-13-19(28-22(26)18-11-5-2-6-12-18)15-16-27-21(25)17-9-3-1-4-10-17;1-21-12-5-8-16(21)19(25)27-14-11-15(7-3-4-10-18(23)24)28-20(26)17-9-6-13-22(17)2;20-16-7-3-1-5-14(16)11-22-18(24)13-27-10-9-15(28-12-17(21)23)6-2-4-8-19(25)26;19-16(21)12-26-15(8-4-5-9-18(23)24)10-11-25-13-17(22)20-14-6-2-1-3-7-14/h1-6,9-12,19H,7-8,13-16H2,(H,23,24);5-6,8-9,12-13,15H,3-4,7,10-11,14H2,1-2H3,(H,23,24);1,3,5,7,15H,2,4,6,8-13H2,(H2,21,23)(H,22,24)(H,25,26);1-3,6-7,15H,4-5,8-13H2,(H2,19,21)(H,20,22)(H,23,24). The van der Waals surface area contributed by atoms with Crippen LogP contribution >= 0.6 is 94.1 Å². The molecule has 0 bridgehead atoms. The Morgan fingerprint density at radius 3 is 1.19 bits per heavy atom. The molecule has 22 nitrogen and oxygen atoms in total. The number of para-hydroxylation sites is 1. The molecule has 0 aliphatic carbocycles. The molecule has 0 aliphatic heterocycles. The molecule has 4 aromatic carbocycles. The predicted molar refractivity (Wildman–Crippen MR) is 450 cm³/mol. The number of anilines is 1. The highest BCUT2D eigenvalue weighted by Gasteiger charge is 2.22. The van der Waals surface area contributed by atoms with Crippen molar-refractivity contribution in [2.45, 2.75) is 156 Å². The van der Waals surface area contributed by atoms with Crippen molar-refractivity contribution in [1.82, 2.24) is 14.5 Å². The summed E-state index contributed by atoms with van der Waals surface area (Å²) in [4.78, 5) is 138. The van der Waals surface area contributed by atoms with Crippen LogP contribution in [0.15, 0.2) is 152 Å². The molecule has 4 unspecified atom stereocenters. The summed E-state index contributed by atoms with van der Waals surface area (Å²) >= 11 is 11.1. The average molecular weight is 1670 g/mol. The fraction of sp³-hybridized carbons (Fsp3) is 0.443. The van der Waals surface area contributed by atoms with E-state index in [0.717, 1.165) is 87.8 Å². The molecule has 0 radical (unpaired) electrons. The Morgan fingerprint density at radius 1 is 0.400 bits per heavy atom. The molecule has 2 heterocycles. The molecular formula is C79H103FN6O16S8. The fourth-order valence-electron chi connectivity index (χ4n) is 10.2. The molecule has 4 amide bonds. The largest absolute Gasteiger partial charge is 0.481 e. The molecule has 4 atom stereocenters. The van der Waals surface area contributed by atoms with Crippen LogP contribution in [0.25, 0.3) is 0 Å². The number of unbranched alkanes of at least 4 members (excludes halogenated alkanes) is 4. The van der Waals surface area contributed by atoms with Crippen LogP contribution in [0.2, 0.25) is 0 Å². The summed E-state index contributed by atoms with van der Waals surface area (Å²) in [7, 11) is 3.68. The van der Waals surface area contributed by atoms with Crippen LogP contribution in [0, 0.1) is 5.82 Å². The zero-order chi connectivity index (χ0) is 80.7. The van der Waals surface area contributed by atoms with Gasteiger partial charge in [0.05, 0.1) is 34.4 Å². The number of nitrogens with two attached hydrogens (primary N) is 2. The fourth-order valence-corrected chi connectivity index (χ4v) is 18.6. The highest BCUT2D eigenvalue weighted by Crippen LogP contribution is 2.31. The minimum Gasteiger partial charge on any atom is -0.481 e. The van der Waals surface area contributed by atoms with Crippen molar-refractivity contribution in [3.8, 4) is 0 Å². The maximum Gasteiger partial charge on any atom is 0.303 e. The van der Waals surface area contributed by atoms with Crippen molar-refractivity contribution in [3.05, 3.63) is 186 Å². The zero-order valence-corrected chi connectivity index (χ0v) is 68.7. The lowest BCUT2D eigenvalue weighted by atomic mass is 10.1. The number of carbonyl (C=O) groups is 12. The highest BCUT2D eigenvalue weighted by atomic mass is 32.2. The lowest BCUT2D eigenvalue weighted by Gasteiger charge is -2.15. The van der Waals surface area contributed by atoms with Crippen molar-refractivity contribution in [1.29, 1.82) is 0 Å². The van der Waals surface area contributed by atoms with Crippen molar-refractivity contribution >= 4 is 168 Å². The number of hydrogen-bond acceptors (Lipinski definition) is 20. The van der Waals surface area contributed by atoms with Gasteiger partial charge in [0.1, 0.15) is 5.82 Å². The zero-order valence-electron chi connectivity index (χ0n) is 62.1. The van der Waals surface area contributed by atoms with Gasteiger partial charge in [0.25, 0.3) is 0 Å². The summed E-state index contributed by atoms with van der Waals surface area (Å²) in [6.07, 6.45) is 16.1. The van der Waals surface area contributed by atoms with E-state index in [0.29, 0.717) is 77.4 Å². The number of benzene rings is 4. The number of halogens is 1. The predicted octanol–water partition coefficient (Wildman–Crippen LogP) is 15.5. The quantitative estimate of drug-likeness (QED) is 0.0164. The van der Waals surface area contributed by atoms with Crippen LogP contribution in [-0.2, 0) is 59.0 Å². The Kier molecular flexibility index (Phi) is 52.3. The number of primary amides is 2. The third kappa shape index (κ3) is 47.7. The van der Waals surface area contributed by atoms with E-state index in [1.165, 1.54) is 88.4 Å². The van der Waals surface area contributed by atoms with Gasteiger partial charge in [0.2, 0.25) is 44.1 Å². The van der Waals surface area contributed by atoms with Gasteiger partial charge in [0.15, 0.2) is 0 Å². The van der Waals surface area contributed by atoms with Crippen molar-refractivity contribution in [2.75, 3.05) is 51.3 Å². The van der Waals surface area contributed by atoms with Crippen LogP contribution < -0.4 is 22.1 Å². The summed E-state index contributed by atoms with van der Waals surface area (Å²) in [5, 5.41) is 41.1. The molecule has 31 heteroatoms. The van der Waals surface area contributed by atoms with Gasteiger partial charge in [-0.2, -0.15) is 23.5 Å². The van der Waals surface area contributed by atoms with Gasteiger partial charge in [-0.25, -0.2) is 4.39 Å². The molecule has 110 heavy (non-hydrogen) atoms. The van der Waals surface area contributed by atoms with Gasteiger partial charge in [0, 0.05) is 114 Å². The summed E-state index contributed by atoms with van der Waals surface area (Å²) in [5.41, 5.74) is 14.3. The number of hydrogen-bond donors (Lipinski definition) is 8. The summed E-state index contributed by atoms with van der Waals surface area (Å²) in [5.74, 6) is -0.491. The number of aliphatic carboxylic acids is 4. The third-order valence-corrected chi connectivity index (χ3v) is 25.0. The first-order valence-corrected chi connectivity index (χ1v) is 44.2. The van der Waals surface area contributed by atoms with Gasteiger partial charge >= 0.3 is 23.9 Å². The third-order valence-electron chi connectivity index (χ3n) is 15.9. The van der Waals surface area contributed by atoms with Crippen LogP contribution in [0.3, 0.4) is 0 Å². The summed E-state index contributed by atoms with van der Waals surface area (Å²) < 4.78 is 17.1. The number of nitrogens with one attached hydrogen (secondary N) is 2. The Hall–Kier alpha value is -7.39. The van der Waals surface area contributed by atoms with E-state index in [9.17, 15) is 61.9 Å². The minimum absolute atomic E-state index is 0.00879. The van der Waals surface area contributed by atoms with Crippen molar-refractivity contribution in [3.63, 3.8) is 0 Å². The monoisotopic (exact) mass is 1670 g/mol. The van der Waals surface area contributed by atoms with E-state index in [1.54, 1.807) is 75.5 Å². The number of amides is 4. The van der Waals surface area contributed by atoms with Gasteiger partial charge < -0.3 is 51.7 Å². The topological polar surface area (TPSA) is 372 Å². The Bertz CT molecular complexity index is 3750. The molecule has 0 saturated carbocycles. The van der Waals surface area contributed by atoms with Crippen LogP contribution in [0.5, 0.6) is 0 Å². The van der Waals surface area contributed by atoms with Crippen LogP contribution in [0.1, 0.15) is 176 Å². The first-order valence-electron chi connectivity index (χ1n) is 36.1. The summed E-state index contributed by atoms with van der Waals surface area (Å²) in [6, 6.07) is 41.2. The highest BCUT2D eigenvalue weighted by molar-refractivity contribution is 8.15. The van der Waals surface area contributed by atoms with Crippen molar-refractivity contribution in [2.24, 2.45) is 25.6 Å². The maximum absolute atomic E-state index is 13.5. The molecule has 0 saturated heterocycles. The average Bonchev–Trinajstić information content (AvgIpc) is 1.66. The second kappa shape index (κ2) is 59.4. The van der Waals surface area contributed by atoms with Gasteiger partial charge in [-0.1, -0.05) is 170 Å². The first kappa shape index (κ1) is 96.8. The smallest absolute Gasteiger partial charge is 0.303 e. The Morgan fingerprint density at radius 2 is 0.773 bits per heavy atom. The number of nitrogens with zero attached hydrogens (tertiary/aromatic N) is 2. The van der Waals surface area contributed by atoms with Crippen LogP contribution in [-0.4, -0.2) is 165 Å². The van der Waals surface area contributed by atoms with Gasteiger partial charge in [-0.15, -0.1) is 23.5 Å². The second-order valence-electron chi connectivity index (χ2n) is 25.0. The Balaban J connectivity index is 0.000000380. The van der Waals surface area contributed by atoms with E-state index in [2.05, 4.69) is 10.6 Å². The molecule has 0 spiro atoms. The summed E-state index contributed by atoms with van der Waals surface area (Å²) in [6.45, 7) is 0.159. The first-order chi connectivity index (χ1) is 52.8. The normalized spacial score (nSPS) is 11.8. The number of carbonyl (C=O) groups excluding carboxylic acids is 8. The van der Waals surface area contributed by atoms with E-state index in [1.807, 2.05) is 105 Å². The maximum atomic E-state index is 13.5. The second-order valence-corrected chi connectivity index (χ2v) is 34.4. The van der Waals surface area contributed by atoms with E-state index in [4.69, 9.17) is 31.9 Å². The van der Waals surface area contributed by atoms with Crippen LogP contribution in [0.4, 0.5) is 10.1 Å². The molecule has 10 N–H and O–H groups in total. The lowest BCUT2D eigenvalue weighted by molar-refractivity contribution is -0.138. The lowest BCUT2D eigenvalue weighted by Crippen LogP contribution is -2.25. The number of thioether (sulfide) groups is 8. The van der Waals surface area contributed by atoms with E-state index in [-0.39, 0.29) is 120 Å². The molecule has 6 aromatic rings. The Labute approximate surface area is 678 Å². The van der Waals surface area contributed by atoms with Crippen molar-refractivity contribution < 1.29 is 82.4 Å². The molecular weight excluding hydrogens is 1560 g/mol. The number of rotatable bonds is 51. The minimum atomic E-state index is -0.807. The van der Waals surface area contributed by atoms with Gasteiger partial charge in [-0.05, 0) is 131 Å². The molecule has 0 fully saturated rings. The molecule has 0 aliphatic rings. The number of carboxylic acids is 4. The SMILES string of the molecule is Cn1cccc1C(=O)SCCC(CCCCC(=O)O)SC(=O)c1cccn1C.NC(=O)CSC(CCCCC(=O)O)CCSCC(=O)NCc1ccccc1F.NC(=O)CSC(CCCCC(=O)O)CCSCC(=O)Nc1ccccc1.O=C(O)CCCCC(CCSC(=O)c1ccccc1)SC(=O)c1ccccc1. The number of carboxylic acid groups (broad SMARTS) is 4. The van der Waals surface area contributed by atoms with E-state index >= 15 is 0 Å². The number of aryl methyl sites for hydroxylation is 2. The molecule has 6 rings (SSSR count). The molecule has 2 aromatic heterocycles. The molecule has 600 valence electrons. The van der Waals surface area contributed by atoms with Gasteiger partial charge in [-0.3, -0.25) is 57.5 Å². The van der Waals surface area contributed by atoms with E-state index < -0.39 is 23.9 Å². The number of aromatic nitrogens is 2.